The molecule has 3 heterocycles. The SMILES string of the molecule is CCc1ncc2cc(-c3c(C)ccc4c(NC5CC(C(C)(C)C)=NN5C)nccc34)ccc2n1. The van der Waals surface area contributed by atoms with Gasteiger partial charge in [0.1, 0.15) is 17.8 Å². The monoisotopic (exact) mass is 452 g/mol. The van der Waals surface area contributed by atoms with Crippen LogP contribution >= 0.6 is 0 Å². The minimum Gasteiger partial charge on any atom is -0.348 e. The summed E-state index contributed by atoms with van der Waals surface area (Å²) in [5.41, 5.74) is 5.85. The third kappa shape index (κ3) is 3.98. The van der Waals surface area contributed by atoms with Crippen molar-refractivity contribution in [3.05, 3.63) is 60.2 Å². The second-order valence-corrected chi connectivity index (χ2v) is 10.2. The zero-order chi connectivity index (χ0) is 24.0. The normalized spacial score (nSPS) is 16.4. The molecule has 0 saturated carbocycles. The molecule has 174 valence electrons. The van der Waals surface area contributed by atoms with Crippen LogP contribution in [0.5, 0.6) is 0 Å². The summed E-state index contributed by atoms with van der Waals surface area (Å²) in [6.07, 6.45) is 5.62. The van der Waals surface area contributed by atoms with Crippen LogP contribution in [0.1, 0.15) is 45.5 Å². The maximum Gasteiger partial charge on any atom is 0.135 e. The summed E-state index contributed by atoms with van der Waals surface area (Å²) in [4.78, 5) is 13.9. The third-order valence-corrected chi connectivity index (χ3v) is 6.67. The van der Waals surface area contributed by atoms with Crippen molar-refractivity contribution in [2.45, 2.75) is 53.6 Å². The number of aryl methyl sites for hydroxylation is 2. The van der Waals surface area contributed by atoms with Crippen molar-refractivity contribution in [1.82, 2.24) is 20.0 Å². The molecule has 1 aliphatic heterocycles. The highest BCUT2D eigenvalue weighted by Crippen LogP contribution is 2.36. The van der Waals surface area contributed by atoms with Gasteiger partial charge in [-0.15, -0.1) is 0 Å². The average Bonchev–Trinajstić information content (AvgIpc) is 3.19. The maximum atomic E-state index is 4.79. The number of hydrogen-bond acceptors (Lipinski definition) is 6. The molecule has 0 spiro atoms. The van der Waals surface area contributed by atoms with Crippen molar-refractivity contribution in [1.29, 1.82) is 0 Å². The molecule has 34 heavy (non-hydrogen) atoms. The topological polar surface area (TPSA) is 66.3 Å². The van der Waals surface area contributed by atoms with Gasteiger partial charge in [-0.2, -0.15) is 5.10 Å². The molecule has 6 nitrogen and oxygen atoms in total. The molecule has 6 heteroatoms. The van der Waals surface area contributed by atoms with Gasteiger partial charge in [0.05, 0.1) is 5.52 Å². The molecule has 1 unspecified atom stereocenters. The lowest BCUT2D eigenvalue weighted by Crippen LogP contribution is -2.32. The third-order valence-electron chi connectivity index (χ3n) is 6.67. The molecular weight excluding hydrogens is 420 g/mol. The minimum absolute atomic E-state index is 0.0544. The van der Waals surface area contributed by atoms with Gasteiger partial charge in [0.2, 0.25) is 0 Å². The van der Waals surface area contributed by atoms with Crippen LogP contribution in [0, 0.1) is 12.3 Å². The van der Waals surface area contributed by atoms with Crippen LogP contribution in [0.3, 0.4) is 0 Å². The summed E-state index contributed by atoms with van der Waals surface area (Å²) >= 11 is 0. The fourth-order valence-electron chi connectivity index (χ4n) is 4.63. The smallest absolute Gasteiger partial charge is 0.135 e. The summed E-state index contributed by atoms with van der Waals surface area (Å²) in [6, 6.07) is 12.9. The number of nitrogens with one attached hydrogen (secondary N) is 1. The van der Waals surface area contributed by atoms with E-state index in [9.17, 15) is 0 Å². The Morgan fingerprint density at radius 1 is 1.06 bits per heavy atom. The van der Waals surface area contributed by atoms with Gasteiger partial charge in [-0.3, -0.25) is 5.01 Å². The van der Waals surface area contributed by atoms with Crippen molar-refractivity contribution in [3.8, 4) is 11.1 Å². The molecule has 0 radical (unpaired) electrons. The summed E-state index contributed by atoms with van der Waals surface area (Å²) in [5, 5.41) is 13.8. The first-order valence-corrected chi connectivity index (χ1v) is 12.0. The van der Waals surface area contributed by atoms with Gasteiger partial charge < -0.3 is 5.32 Å². The van der Waals surface area contributed by atoms with E-state index in [0.717, 1.165) is 46.3 Å². The molecule has 4 aromatic rings. The highest BCUT2D eigenvalue weighted by atomic mass is 15.5. The van der Waals surface area contributed by atoms with Gasteiger partial charge in [0.15, 0.2) is 0 Å². The zero-order valence-electron chi connectivity index (χ0n) is 20.8. The molecule has 1 aliphatic rings. The Morgan fingerprint density at radius 2 is 1.88 bits per heavy atom. The maximum absolute atomic E-state index is 4.79. The van der Waals surface area contributed by atoms with Gasteiger partial charge >= 0.3 is 0 Å². The van der Waals surface area contributed by atoms with E-state index >= 15 is 0 Å². The lowest BCUT2D eigenvalue weighted by Gasteiger charge is -2.22. The van der Waals surface area contributed by atoms with E-state index < -0.39 is 0 Å². The molecule has 0 saturated heterocycles. The van der Waals surface area contributed by atoms with Crippen molar-refractivity contribution < 1.29 is 0 Å². The number of pyridine rings is 1. The molecule has 5 rings (SSSR count). The second-order valence-electron chi connectivity index (χ2n) is 10.2. The van der Waals surface area contributed by atoms with Crippen LogP contribution in [-0.2, 0) is 6.42 Å². The number of anilines is 1. The van der Waals surface area contributed by atoms with Crippen LogP contribution in [0.2, 0.25) is 0 Å². The van der Waals surface area contributed by atoms with Crippen LogP contribution < -0.4 is 5.32 Å². The predicted octanol–water partition coefficient (Wildman–Crippen LogP) is 6.19. The summed E-state index contributed by atoms with van der Waals surface area (Å²) in [7, 11) is 2.03. The first-order valence-electron chi connectivity index (χ1n) is 12.0. The van der Waals surface area contributed by atoms with Crippen molar-refractivity contribution in [2.75, 3.05) is 12.4 Å². The Morgan fingerprint density at radius 3 is 2.62 bits per heavy atom. The van der Waals surface area contributed by atoms with Gasteiger partial charge in [-0.25, -0.2) is 15.0 Å². The summed E-state index contributed by atoms with van der Waals surface area (Å²) in [6.45, 7) is 10.9. The van der Waals surface area contributed by atoms with Crippen LogP contribution in [0.25, 0.3) is 32.8 Å². The van der Waals surface area contributed by atoms with E-state index in [4.69, 9.17) is 10.1 Å². The summed E-state index contributed by atoms with van der Waals surface area (Å²) in [5.74, 6) is 1.76. The first kappa shape index (κ1) is 22.3. The zero-order valence-corrected chi connectivity index (χ0v) is 20.8. The Balaban J connectivity index is 1.55. The van der Waals surface area contributed by atoms with Crippen LogP contribution in [-0.4, -0.2) is 38.9 Å². The van der Waals surface area contributed by atoms with E-state index in [-0.39, 0.29) is 11.6 Å². The van der Waals surface area contributed by atoms with Crippen molar-refractivity contribution >= 4 is 33.2 Å². The van der Waals surface area contributed by atoms with E-state index in [0.29, 0.717) is 0 Å². The second kappa shape index (κ2) is 8.35. The Hall–Kier alpha value is -3.54. The van der Waals surface area contributed by atoms with Gasteiger partial charge in [0, 0.05) is 54.2 Å². The van der Waals surface area contributed by atoms with E-state index in [1.165, 1.54) is 22.2 Å². The van der Waals surface area contributed by atoms with Crippen molar-refractivity contribution in [2.24, 2.45) is 10.5 Å². The van der Waals surface area contributed by atoms with Gasteiger partial charge in [-0.1, -0.05) is 45.9 Å². The Labute approximate surface area is 201 Å². The molecule has 1 atom stereocenters. The van der Waals surface area contributed by atoms with E-state index in [2.05, 4.69) is 86.3 Å². The number of nitrogens with zero attached hydrogens (tertiary/aromatic N) is 5. The molecule has 2 aromatic carbocycles. The standard InChI is InChI=1S/C28H32N6/c1-7-24-30-16-19-14-18(9-11-22(19)31-24)26-17(2)8-10-21-20(26)12-13-29-27(21)32-25-15-23(28(3,4)5)33-34(25)6/h8-14,16,25H,7,15H2,1-6H3,(H,29,32). The Kier molecular flexibility index (Phi) is 5.47. The van der Waals surface area contributed by atoms with Gasteiger partial charge in [0.25, 0.3) is 0 Å². The predicted molar refractivity (Wildman–Crippen MR) is 141 cm³/mol. The summed E-state index contributed by atoms with van der Waals surface area (Å²) < 4.78 is 0. The quantitative estimate of drug-likeness (QED) is 0.400. The highest BCUT2D eigenvalue weighted by molar-refractivity contribution is 6.04. The lowest BCUT2D eigenvalue weighted by atomic mass is 9.88. The molecule has 1 N–H and O–H groups in total. The number of aromatic nitrogens is 3. The molecule has 0 amide bonds. The molecule has 0 aliphatic carbocycles. The average molecular weight is 453 g/mol. The number of benzene rings is 2. The fourth-order valence-corrected chi connectivity index (χ4v) is 4.63. The number of hydrazone groups is 1. The molecule has 2 aromatic heterocycles. The number of hydrogen-bond donors (Lipinski definition) is 1. The highest BCUT2D eigenvalue weighted by Gasteiger charge is 2.31. The first-order chi connectivity index (χ1) is 16.2. The van der Waals surface area contributed by atoms with Crippen LogP contribution in [0.15, 0.2) is 53.9 Å². The van der Waals surface area contributed by atoms with Gasteiger partial charge in [-0.05, 0) is 47.2 Å². The minimum atomic E-state index is 0.0544. The molecular formula is C28H32N6. The largest absolute Gasteiger partial charge is 0.348 e. The molecule has 0 bridgehead atoms. The fraction of sp³-hybridized carbons (Fsp3) is 0.357. The lowest BCUT2D eigenvalue weighted by molar-refractivity contribution is 0.311. The Bertz CT molecular complexity index is 1420. The van der Waals surface area contributed by atoms with Crippen LogP contribution in [0.4, 0.5) is 5.82 Å². The number of fused-ring (bicyclic) bond motifs is 2. The van der Waals surface area contributed by atoms with E-state index in [1.807, 2.05) is 24.5 Å². The molecule has 0 fully saturated rings. The number of rotatable bonds is 4. The van der Waals surface area contributed by atoms with Crippen molar-refractivity contribution in [3.63, 3.8) is 0 Å². The van der Waals surface area contributed by atoms with E-state index in [1.54, 1.807) is 0 Å².